The minimum Gasteiger partial charge on any atom is -0.368 e. The molecule has 0 spiro atoms. The van der Waals surface area contributed by atoms with E-state index in [0.29, 0.717) is 44.6 Å². The monoisotopic (exact) mass is 489 g/mol. The Kier molecular flexibility index (Phi) is 8.52. The van der Waals surface area contributed by atoms with Crippen molar-refractivity contribution in [2.24, 2.45) is 17.6 Å². The van der Waals surface area contributed by atoms with Crippen LogP contribution in [0.25, 0.3) is 0 Å². The summed E-state index contributed by atoms with van der Waals surface area (Å²) in [6.07, 6.45) is -3.13. The van der Waals surface area contributed by atoms with Crippen LogP contribution in [0.3, 0.4) is 0 Å². The Labute approximate surface area is 207 Å². The number of amides is 1. The molecule has 192 valence electrons. The third kappa shape index (κ3) is 6.78. The molecule has 1 aliphatic heterocycles. The molecule has 0 aliphatic carbocycles. The fourth-order valence-electron chi connectivity index (χ4n) is 4.80. The number of benzene rings is 2. The van der Waals surface area contributed by atoms with Crippen LogP contribution in [0.2, 0.25) is 0 Å². The van der Waals surface area contributed by atoms with E-state index in [1.807, 2.05) is 25.7 Å². The lowest BCUT2D eigenvalue weighted by Gasteiger charge is -2.38. The van der Waals surface area contributed by atoms with E-state index in [1.165, 1.54) is 23.3 Å². The van der Waals surface area contributed by atoms with Crippen LogP contribution >= 0.6 is 0 Å². The van der Waals surface area contributed by atoms with Gasteiger partial charge < -0.3 is 15.5 Å². The Bertz CT molecular complexity index is 1030. The van der Waals surface area contributed by atoms with Crippen LogP contribution in [0.1, 0.15) is 61.1 Å². The van der Waals surface area contributed by atoms with E-state index in [0.717, 1.165) is 17.3 Å². The summed E-state index contributed by atoms with van der Waals surface area (Å²) < 4.78 is 40.1. The van der Waals surface area contributed by atoms with Gasteiger partial charge in [-0.3, -0.25) is 4.79 Å². The fourth-order valence-corrected chi connectivity index (χ4v) is 4.80. The Morgan fingerprint density at radius 3 is 2.20 bits per heavy atom. The van der Waals surface area contributed by atoms with Gasteiger partial charge in [-0.15, -0.1) is 0 Å². The lowest BCUT2D eigenvalue weighted by molar-refractivity contribution is -0.137. The second-order valence-corrected chi connectivity index (χ2v) is 10.3. The highest BCUT2D eigenvalue weighted by Gasteiger charge is 2.33. The van der Waals surface area contributed by atoms with Crippen molar-refractivity contribution in [1.82, 2.24) is 4.90 Å². The molecule has 7 heteroatoms. The minimum absolute atomic E-state index is 0.118. The molecule has 1 aliphatic rings. The lowest BCUT2D eigenvalue weighted by Crippen LogP contribution is -2.50. The summed E-state index contributed by atoms with van der Waals surface area (Å²) in [5.41, 5.74) is 10.6. The van der Waals surface area contributed by atoms with Crippen molar-refractivity contribution in [3.05, 3.63) is 64.2 Å². The maximum Gasteiger partial charge on any atom is 0.416 e. The Morgan fingerprint density at radius 2 is 1.63 bits per heavy atom. The average Bonchev–Trinajstić information content (AvgIpc) is 2.79. The molecule has 0 radical (unpaired) electrons. The molecule has 1 saturated heterocycles. The summed E-state index contributed by atoms with van der Waals surface area (Å²) in [7, 11) is 0. The Morgan fingerprint density at radius 1 is 0.971 bits per heavy atom. The number of carbonyl (C=O) groups excluding carboxylic acids is 1. The maximum atomic E-state index is 13.4. The molecule has 2 N–H and O–H groups in total. The molecule has 1 heterocycles. The highest BCUT2D eigenvalue weighted by molar-refractivity contribution is 5.79. The molecular formula is C28H38F3N3O. The summed E-state index contributed by atoms with van der Waals surface area (Å²) >= 11 is 0. The predicted molar refractivity (Wildman–Crippen MR) is 135 cm³/mol. The topological polar surface area (TPSA) is 49.6 Å². The molecule has 0 aromatic heterocycles. The number of hydrogen-bond donors (Lipinski definition) is 1. The molecule has 2 atom stereocenters. The number of halogens is 3. The van der Waals surface area contributed by atoms with Gasteiger partial charge in [0.1, 0.15) is 0 Å². The van der Waals surface area contributed by atoms with Crippen LogP contribution in [-0.4, -0.2) is 37.0 Å². The minimum atomic E-state index is -4.41. The van der Waals surface area contributed by atoms with Crippen molar-refractivity contribution in [2.75, 3.05) is 31.1 Å². The van der Waals surface area contributed by atoms with E-state index in [9.17, 15) is 18.0 Å². The van der Waals surface area contributed by atoms with Gasteiger partial charge in [-0.05, 0) is 73.1 Å². The van der Waals surface area contributed by atoms with Gasteiger partial charge in [-0.2, -0.15) is 13.2 Å². The number of nitrogens with two attached hydrogens (primary N) is 1. The van der Waals surface area contributed by atoms with Gasteiger partial charge in [0.15, 0.2) is 0 Å². The zero-order valence-corrected chi connectivity index (χ0v) is 21.5. The predicted octanol–water partition coefficient (Wildman–Crippen LogP) is 5.90. The van der Waals surface area contributed by atoms with Crippen molar-refractivity contribution in [3.8, 4) is 0 Å². The maximum absolute atomic E-state index is 13.4. The Hall–Kier alpha value is -2.54. The number of piperazine rings is 1. The Balaban J connectivity index is 1.70. The van der Waals surface area contributed by atoms with Crippen LogP contribution in [0, 0.1) is 25.7 Å². The molecule has 4 nitrogen and oxygen atoms in total. The molecule has 1 unspecified atom stereocenters. The van der Waals surface area contributed by atoms with E-state index >= 15 is 0 Å². The van der Waals surface area contributed by atoms with E-state index in [1.54, 1.807) is 0 Å². The van der Waals surface area contributed by atoms with Gasteiger partial charge in [0.25, 0.3) is 0 Å². The van der Waals surface area contributed by atoms with Gasteiger partial charge >= 0.3 is 6.18 Å². The largest absolute Gasteiger partial charge is 0.416 e. The lowest BCUT2D eigenvalue weighted by atomic mass is 9.94. The summed E-state index contributed by atoms with van der Waals surface area (Å²) in [6.45, 7) is 12.3. The zero-order valence-electron chi connectivity index (χ0n) is 21.5. The standard InChI is InChI=1S/C28H38F3N3O/c1-18(2)14-25(32)24-17-23(28(29,30)31)8-9-26(24)33-10-12-34(13-11-33)27(35)21(5)16-22-7-6-19(3)20(4)15-22/h6-9,15,17-18,21,25H,10-14,16,32H2,1-5H3/t21?,25-/m0/s1. The smallest absolute Gasteiger partial charge is 0.368 e. The van der Waals surface area contributed by atoms with Crippen LogP contribution in [0.5, 0.6) is 0 Å². The van der Waals surface area contributed by atoms with Gasteiger partial charge in [0.2, 0.25) is 5.91 Å². The van der Waals surface area contributed by atoms with Crippen LogP contribution < -0.4 is 10.6 Å². The van der Waals surface area contributed by atoms with Crippen LogP contribution in [0.4, 0.5) is 18.9 Å². The molecule has 2 aromatic carbocycles. The molecular weight excluding hydrogens is 451 g/mol. The van der Waals surface area contributed by atoms with Gasteiger partial charge in [-0.1, -0.05) is 39.0 Å². The molecule has 1 amide bonds. The van der Waals surface area contributed by atoms with Crippen molar-refractivity contribution >= 4 is 11.6 Å². The van der Waals surface area contributed by atoms with E-state index in [4.69, 9.17) is 5.73 Å². The first-order valence-corrected chi connectivity index (χ1v) is 12.4. The third-order valence-corrected chi connectivity index (χ3v) is 6.95. The first kappa shape index (κ1) is 27.1. The van der Waals surface area contributed by atoms with Crippen LogP contribution in [0.15, 0.2) is 36.4 Å². The molecule has 3 rings (SSSR count). The number of hydrogen-bond acceptors (Lipinski definition) is 3. The summed E-state index contributed by atoms with van der Waals surface area (Å²) in [6, 6.07) is 9.70. The molecule has 1 fully saturated rings. The molecule has 35 heavy (non-hydrogen) atoms. The molecule has 0 saturated carbocycles. The number of aryl methyl sites for hydroxylation is 2. The summed E-state index contributed by atoms with van der Waals surface area (Å²) in [4.78, 5) is 17.0. The quantitative estimate of drug-likeness (QED) is 0.527. The van der Waals surface area contributed by atoms with Crippen LogP contribution in [-0.2, 0) is 17.4 Å². The highest BCUT2D eigenvalue weighted by Crippen LogP contribution is 2.36. The summed E-state index contributed by atoms with van der Waals surface area (Å²) in [5.74, 6) is 0.248. The van der Waals surface area contributed by atoms with Gasteiger partial charge in [0, 0.05) is 43.8 Å². The normalized spacial score (nSPS) is 16.5. The highest BCUT2D eigenvalue weighted by atomic mass is 19.4. The van der Waals surface area contributed by atoms with Gasteiger partial charge in [-0.25, -0.2) is 0 Å². The zero-order chi connectivity index (χ0) is 25.9. The van der Waals surface area contributed by atoms with E-state index in [-0.39, 0.29) is 17.7 Å². The summed E-state index contributed by atoms with van der Waals surface area (Å²) in [5, 5.41) is 0. The molecule has 2 aromatic rings. The van der Waals surface area contributed by atoms with Crippen molar-refractivity contribution < 1.29 is 18.0 Å². The van der Waals surface area contributed by atoms with Crippen molar-refractivity contribution in [1.29, 1.82) is 0 Å². The first-order chi connectivity index (χ1) is 16.4. The second-order valence-electron chi connectivity index (χ2n) is 10.3. The van der Waals surface area contributed by atoms with Crippen molar-refractivity contribution in [2.45, 2.75) is 59.7 Å². The number of nitrogens with zero attached hydrogens (tertiary/aromatic N) is 2. The SMILES string of the molecule is Cc1ccc(CC(C)C(=O)N2CCN(c3ccc(C(F)(F)F)cc3[C@@H](N)CC(C)C)CC2)cc1C. The number of carbonyl (C=O) groups is 1. The van der Waals surface area contributed by atoms with E-state index < -0.39 is 17.8 Å². The van der Waals surface area contributed by atoms with E-state index in [2.05, 4.69) is 36.9 Å². The molecule has 0 bridgehead atoms. The fraction of sp³-hybridized carbons (Fsp3) is 0.536. The number of anilines is 1. The second kappa shape index (κ2) is 11.0. The number of alkyl halides is 3. The average molecular weight is 490 g/mol. The van der Waals surface area contributed by atoms with Gasteiger partial charge in [0.05, 0.1) is 5.56 Å². The number of rotatable bonds is 7. The first-order valence-electron chi connectivity index (χ1n) is 12.4. The van der Waals surface area contributed by atoms with Crippen molar-refractivity contribution in [3.63, 3.8) is 0 Å². The third-order valence-electron chi connectivity index (χ3n) is 6.95.